The Morgan fingerprint density at radius 3 is 2.74 bits per heavy atom. The molecule has 0 aliphatic carbocycles. The summed E-state index contributed by atoms with van der Waals surface area (Å²) in [5, 5.41) is 11.3. The van der Waals surface area contributed by atoms with E-state index in [1.807, 2.05) is 6.92 Å². The van der Waals surface area contributed by atoms with Crippen molar-refractivity contribution in [2.75, 3.05) is 0 Å². The third-order valence-electron chi connectivity index (χ3n) is 3.50. The average molecular weight is 315 g/mol. The Morgan fingerprint density at radius 1 is 1.35 bits per heavy atom. The van der Waals surface area contributed by atoms with Crippen LogP contribution in [0.25, 0.3) is 16.7 Å². The number of nitrogens with one attached hydrogen (secondary N) is 1. The lowest BCUT2D eigenvalue weighted by Gasteiger charge is -2.11. The van der Waals surface area contributed by atoms with Gasteiger partial charge in [0.15, 0.2) is 0 Å². The van der Waals surface area contributed by atoms with Crippen molar-refractivity contribution in [1.82, 2.24) is 19.1 Å². The first kappa shape index (κ1) is 14.7. The molecule has 1 N–H and O–H groups in total. The quantitative estimate of drug-likeness (QED) is 0.441. The van der Waals surface area contributed by atoms with Gasteiger partial charge in [-0.25, -0.2) is 4.98 Å². The van der Waals surface area contributed by atoms with Crippen molar-refractivity contribution in [2.45, 2.75) is 19.9 Å². The molecular weight excluding hydrogens is 302 g/mol. The summed E-state index contributed by atoms with van der Waals surface area (Å²) in [6.07, 6.45) is 5.15. The number of rotatable bonds is 4. The van der Waals surface area contributed by atoms with E-state index in [-0.39, 0.29) is 16.9 Å². The van der Waals surface area contributed by atoms with Crippen molar-refractivity contribution in [3.05, 3.63) is 61.7 Å². The maximum atomic E-state index is 12.1. The molecule has 0 saturated carbocycles. The van der Waals surface area contributed by atoms with Crippen molar-refractivity contribution < 1.29 is 4.92 Å². The molecule has 0 saturated heterocycles. The Morgan fingerprint density at radius 2 is 2.13 bits per heavy atom. The number of nitro benzene ring substituents is 1. The Kier molecular flexibility index (Phi) is 3.53. The number of aromatic amines is 1. The molecule has 0 spiro atoms. The second-order valence-electron chi connectivity index (χ2n) is 5.00. The lowest BCUT2D eigenvalue weighted by molar-refractivity contribution is -0.384. The number of aryl methyl sites for hydroxylation is 1. The smallest absolute Gasteiger partial charge is 0.316 e. The van der Waals surface area contributed by atoms with Crippen LogP contribution in [0, 0.1) is 10.1 Å². The molecule has 0 aliphatic heterocycles. The molecule has 23 heavy (non-hydrogen) atoms. The van der Waals surface area contributed by atoms with Crippen LogP contribution in [-0.4, -0.2) is 24.0 Å². The zero-order valence-corrected chi connectivity index (χ0v) is 12.2. The van der Waals surface area contributed by atoms with Crippen molar-refractivity contribution >= 4 is 16.7 Å². The van der Waals surface area contributed by atoms with Crippen molar-refractivity contribution in [3.63, 3.8) is 0 Å². The summed E-state index contributed by atoms with van der Waals surface area (Å²) in [5.74, 6) is 0. The number of imidazole rings is 1. The molecule has 1 aromatic carbocycles. The molecule has 0 atom stereocenters. The van der Waals surface area contributed by atoms with E-state index < -0.39 is 16.0 Å². The number of nitrogens with zero attached hydrogens (tertiary/aromatic N) is 4. The highest BCUT2D eigenvalue weighted by atomic mass is 16.6. The number of nitro groups is 1. The van der Waals surface area contributed by atoms with Gasteiger partial charge in [0.2, 0.25) is 0 Å². The molecule has 0 radical (unpaired) electrons. The SMILES string of the molecule is CCCn1c(=O)c(=O)[nH]c2cc([N+](=O)[O-])c(-n3ccnc3)cc21. The van der Waals surface area contributed by atoms with Gasteiger partial charge in [0.05, 0.1) is 22.3 Å². The Bertz CT molecular complexity index is 1000. The first-order chi connectivity index (χ1) is 11.0. The third-order valence-corrected chi connectivity index (χ3v) is 3.50. The van der Waals surface area contributed by atoms with Gasteiger partial charge in [-0.1, -0.05) is 6.92 Å². The number of H-pyrrole nitrogens is 1. The number of hydrogen-bond donors (Lipinski definition) is 1. The average Bonchev–Trinajstić information content (AvgIpc) is 3.05. The second kappa shape index (κ2) is 5.52. The van der Waals surface area contributed by atoms with Crippen LogP contribution >= 0.6 is 0 Å². The highest BCUT2D eigenvalue weighted by Crippen LogP contribution is 2.27. The lowest BCUT2D eigenvalue weighted by Crippen LogP contribution is -2.36. The minimum absolute atomic E-state index is 0.187. The summed E-state index contributed by atoms with van der Waals surface area (Å²) in [4.78, 5) is 40.9. The fraction of sp³-hybridized carbons (Fsp3) is 0.214. The molecule has 0 unspecified atom stereocenters. The van der Waals surface area contributed by atoms with Gasteiger partial charge in [0.25, 0.3) is 5.69 Å². The standard InChI is InChI=1S/C14H13N5O4/c1-2-4-18-10-7-11(17-5-3-15-8-17)12(19(22)23)6-9(10)16-13(20)14(18)21/h3,5-8H,2,4H2,1H3,(H,16,20). The summed E-state index contributed by atoms with van der Waals surface area (Å²) in [6.45, 7) is 2.22. The number of aromatic nitrogens is 4. The van der Waals surface area contributed by atoms with Crippen LogP contribution in [0.2, 0.25) is 0 Å². The van der Waals surface area contributed by atoms with Gasteiger partial charge in [-0.2, -0.15) is 0 Å². The fourth-order valence-electron chi connectivity index (χ4n) is 2.50. The van der Waals surface area contributed by atoms with Gasteiger partial charge in [0, 0.05) is 25.0 Å². The molecule has 9 nitrogen and oxygen atoms in total. The van der Waals surface area contributed by atoms with E-state index in [9.17, 15) is 19.7 Å². The van der Waals surface area contributed by atoms with Gasteiger partial charge in [0.1, 0.15) is 5.69 Å². The van der Waals surface area contributed by atoms with Crippen molar-refractivity contribution in [2.24, 2.45) is 0 Å². The summed E-state index contributed by atoms with van der Waals surface area (Å²) >= 11 is 0. The van der Waals surface area contributed by atoms with E-state index in [2.05, 4.69) is 9.97 Å². The van der Waals surface area contributed by atoms with E-state index >= 15 is 0 Å². The molecule has 2 heterocycles. The van der Waals surface area contributed by atoms with E-state index in [4.69, 9.17) is 0 Å². The minimum atomic E-state index is -0.796. The largest absolute Gasteiger partial charge is 0.316 e. The van der Waals surface area contributed by atoms with Crippen LogP contribution in [-0.2, 0) is 6.54 Å². The van der Waals surface area contributed by atoms with Crippen molar-refractivity contribution in [1.29, 1.82) is 0 Å². The first-order valence-electron chi connectivity index (χ1n) is 6.96. The van der Waals surface area contributed by atoms with Gasteiger partial charge >= 0.3 is 11.1 Å². The molecule has 3 aromatic rings. The molecule has 0 bridgehead atoms. The number of fused-ring (bicyclic) bond motifs is 1. The third kappa shape index (κ3) is 2.41. The highest BCUT2D eigenvalue weighted by molar-refractivity contribution is 5.82. The number of benzene rings is 1. The van der Waals surface area contributed by atoms with Crippen LogP contribution < -0.4 is 11.1 Å². The van der Waals surface area contributed by atoms with Gasteiger partial charge in [-0.3, -0.25) is 19.7 Å². The maximum Gasteiger partial charge on any atom is 0.316 e. The van der Waals surface area contributed by atoms with Crippen LogP contribution in [0.1, 0.15) is 13.3 Å². The predicted molar refractivity (Wildman–Crippen MR) is 82.9 cm³/mol. The zero-order valence-electron chi connectivity index (χ0n) is 12.2. The van der Waals surface area contributed by atoms with Crippen molar-refractivity contribution in [3.8, 4) is 5.69 Å². The monoisotopic (exact) mass is 315 g/mol. The van der Waals surface area contributed by atoms with E-state index in [1.54, 1.807) is 6.20 Å². The molecule has 0 fully saturated rings. The maximum absolute atomic E-state index is 12.1. The minimum Gasteiger partial charge on any atom is -0.316 e. The summed E-state index contributed by atoms with van der Waals surface area (Å²) in [5.41, 5.74) is -0.700. The van der Waals surface area contributed by atoms with Crippen LogP contribution in [0.15, 0.2) is 40.4 Å². The lowest BCUT2D eigenvalue weighted by atomic mass is 10.2. The van der Waals surface area contributed by atoms with Crippen LogP contribution in [0.3, 0.4) is 0 Å². The molecule has 0 amide bonds. The van der Waals surface area contributed by atoms with Gasteiger partial charge in [-0.15, -0.1) is 0 Å². The van der Waals surface area contributed by atoms with Crippen LogP contribution in [0.4, 0.5) is 5.69 Å². The molecule has 118 valence electrons. The first-order valence-corrected chi connectivity index (χ1v) is 6.96. The molecule has 2 aromatic heterocycles. The summed E-state index contributed by atoms with van der Waals surface area (Å²) in [6, 6.07) is 2.78. The Balaban J connectivity index is 2.44. The van der Waals surface area contributed by atoms with Crippen LogP contribution in [0.5, 0.6) is 0 Å². The zero-order chi connectivity index (χ0) is 16.6. The Hall–Kier alpha value is -3.23. The van der Waals surface area contributed by atoms with Gasteiger partial charge in [-0.05, 0) is 12.5 Å². The van der Waals surface area contributed by atoms with E-state index in [0.29, 0.717) is 18.5 Å². The summed E-state index contributed by atoms with van der Waals surface area (Å²) in [7, 11) is 0. The van der Waals surface area contributed by atoms with E-state index in [0.717, 1.165) is 0 Å². The molecule has 9 heteroatoms. The molecule has 0 aliphatic rings. The molecular formula is C14H13N5O4. The summed E-state index contributed by atoms with van der Waals surface area (Å²) < 4.78 is 2.82. The topological polar surface area (TPSA) is 116 Å². The predicted octanol–water partition coefficient (Wildman–Crippen LogP) is 1.19. The normalized spacial score (nSPS) is 11.0. The second-order valence-corrected chi connectivity index (χ2v) is 5.00. The fourth-order valence-corrected chi connectivity index (χ4v) is 2.50. The number of hydrogen-bond acceptors (Lipinski definition) is 5. The molecule has 3 rings (SSSR count). The Labute approximate surface area is 129 Å². The highest BCUT2D eigenvalue weighted by Gasteiger charge is 2.19. The van der Waals surface area contributed by atoms with Gasteiger partial charge < -0.3 is 14.1 Å². The van der Waals surface area contributed by atoms with E-state index in [1.165, 1.54) is 33.8 Å².